The van der Waals surface area contributed by atoms with E-state index in [9.17, 15) is 4.79 Å². The van der Waals surface area contributed by atoms with Gasteiger partial charge in [-0.15, -0.1) is 0 Å². The molecule has 4 N–H and O–H groups in total. The fourth-order valence-corrected chi connectivity index (χ4v) is 4.28. The van der Waals surface area contributed by atoms with Crippen molar-refractivity contribution in [2.45, 2.75) is 45.1 Å². The lowest BCUT2D eigenvalue weighted by molar-refractivity contribution is -0.115. The number of hydrogen-bond acceptors (Lipinski definition) is 7. The van der Waals surface area contributed by atoms with E-state index in [0.29, 0.717) is 30.0 Å². The van der Waals surface area contributed by atoms with Crippen molar-refractivity contribution in [2.24, 2.45) is 0 Å². The Balaban J connectivity index is 1.52. The van der Waals surface area contributed by atoms with Crippen LogP contribution in [0.4, 0.5) is 23.3 Å². The standard InChI is InChI=1S/C23H33N7O/c1-3-7-17(14-29-10-4-5-11-29)12-16(2)13-30-15-19(31)26-20-21(24)27-23(28-22(20)30)25-18-8-6-9-18/h3,7,12,18H,2,4-6,8-11,13-15H2,1H3,(H,26,31)(H3,24,25,27,28). The molecule has 1 aliphatic carbocycles. The molecule has 8 nitrogen and oxygen atoms in total. The maximum Gasteiger partial charge on any atom is 0.244 e. The van der Waals surface area contributed by atoms with Gasteiger partial charge in [0.1, 0.15) is 5.69 Å². The van der Waals surface area contributed by atoms with Gasteiger partial charge >= 0.3 is 0 Å². The van der Waals surface area contributed by atoms with Crippen LogP contribution in [0.2, 0.25) is 0 Å². The summed E-state index contributed by atoms with van der Waals surface area (Å²) < 4.78 is 0. The van der Waals surface area contributed by atoms with Gasteiger partial charge in [0.25, 0.3) is 0 Å². The summed E-state index contributed by atoms with van der Waals surface area (Å²) in [5.74, 6) is 1.34. The molecule has 1 saturated heterocycles. The van der Waals surface area contributed by atoms with Crippen molar-refractivity contribution in [2.75, 3.05) is 54.0 Å². The number of amides is 1. The topological polar surface area (TPSA) is 99.4 Å². The zero-order chi connectivity index (χ0) is 21.8. The fraction of sp³-hybridized carbons (Fsp3) is 0.522. The number of nitrogens with two attached hydrogens (primary N) is 1. The average Bonchev–Trinajstić information content (AvgIpc) is 3.19. The van der Waals surface area contributed by atoms with Gasteiger partial charge in [-0.1, -0.05) is 24.8 Å². The number of likely N-dealkylation sites (tertiary alicyclic amines) is 1. The van der Waals surface area contributed by atoms with Crippen LogP contribution < -0.4 is 21.3 Å². The van der Waals surface area contributed by atoms with E-state index in [1.807, 2.05) is 11.8 Å². The van der Waals surface area contributed by atoms with Crippen LogP contribution in [-0.2, 0) is 4.79 Å². The summed E-state index contributed by atoms with van der Waals surface area (Å²) in [6.07, 6.45) is 12.3. The lowest BCUT2D eigenvalue weighted by atomic mass is 9.93. The number of nitrogens with one attached hydrogen (secondary N) is 2. The highest BCUT2D eigenvalue weighted by Crippen LogP contribution is 2.34. The summed E-state index contributed by atoms with van der Waals surface area (Å²) in [5, 5.41) is 6.18. The molecule has 0 aromatic carbocycles. The average molecular weight is 424 g/mol. The molecular formula is C23H33N7O. The minimum atomic E-state index is -0.120. The van der Waals surface area contributed by atoms with Gasteiger partial charge < -0.3 is 21.3 Å². The molecule has 8 heteroatoms. The van der Waals surface area contributed by atoms with Crippen molar-refractivity contribution in [3.8, 4) is 0 Å². The largest absolute Gasteiger partial charge is 0.382 e. The van der Waals surface area contributed by atoms with Crippen LogP contribution in [-0.4, -0.2) is 59.5 Å². The summed E-state index contributed by atoms with van der Waals surface area (Å²) in [6.45, 7) is 10.2. The molecule has 2 aliphatic heterocycles. The predicted octanol–water partition coefficient (Wildman–Crippen LogP) is 2.94. The maximum absolute atomic E-state index is 12.3. The second kappa shape index (κ2) is 9.51. The first-order valence-electron chi connectivity index (χ1n) is 11.2. The van der Waals surface area contributed by atoms with Crippen molar-refractivity contribution in [3.63, 3.8) is 0 Å². The predicted molar refractivity (Wildman–Crippen MR) is 126 cm³/mol. The quantitative estimate of drug-likeness (QED) is 0.553. The van der Waals surface area contributed by atoms with E-state index >= 15 is 0 Å². The van der Waals surface area contributed by atoms with Crippen LogP contribution in [0.15, 0.2) is 36.0 Å². The van der Waals surface area contributed by atoms with Crippen LogP contribution in [0.25, 0.3) is 0 Å². The Hall–Kier alpha value is -2.87. The summed E-state index contributed by atoms with van der Waals surface area (Å²) in [4.78, 5) is 25.7. The molecule has 3 heterocycles. The van der Waals surface area contributed by atoms with Crippen LogP contribution in [0, 0.1) is 0 Å². The van der Waals surface area contributed by atoms with Crippen LogP contribution in [0.3, 0.4) is 0 Å². The number of fused-ring (bicyclic) bond motifs is 1. The van der Waals surface area contributed by atoms with Crippen molar-refractivity contribution < 1.29 is 4.79 Å². The normalized spacial score (nSPS) is 20.0. The van der Waals surface area contributed by atoms with Gasteiger partial charge in [0.2, 0.25) is 11.9 Å². The second-order valence-electron chi connectivity index (χ2n) is 8.67. The van der Waals surface area contributed by atoms with E-state index in [-0.39, 0.29) is 18.3 Å². The summed E-state index contributed by atoms with van der Waals surface area (Å²) in [7, 11) is 0. The Morgan fingerprint density at radius 2 is 2.03 bits per heavy atom. The number of aromatic nitrogens is 2. The van der Waals surface area contributed by atoms with Gasteiger partial charge in [0.15, 0.2) is 11.6 Å². The number of allylic oxidation sites excluding steroid dienone is 1. The van der Waals surface area contributed by atoms with E-state index < -0.39 is 0 Å². The molecule has 0 atom stereocenters. The molecular weight excluding hydrogens is 390 g/mol. The SMILES string of the molecule is C=C(C=C(C=CC)CN1CCCC1)CN1CC(=O)Nc2c(N)nc(NC3CCC3)nc21. The monoisotopic (exact) mass is 423 g/mol. The summed E-state index contributed by atoms with van der Waals surface area (Å²) in [5.41, 5.74) is 8.80. The van der Waals surface area contributed by atoms with Gasteiger partial charge in [-0.2, -0.15) is 9.97 Å². The van der Waals surface area contributed by atoms with Crippen molar-refractivity contribution >= 4 is 29.2 Å². The fourth-order valence-electron chi connectivity index (χ4n) is 4.28. The summed E-state index contributed by atoms with van der Waals surface area (Å²) >= 11 is 0. The van der Waals surface area contributed by atoms with Crippen molar-refractivity contribution in [1.82, 2.24) is 14.9 Å². The van der Waals surface area contributed by atoms with Gasteiger partial charge in [-0.3, -0.25) is 9.69 Å². The summed E-state index contributed by atoms with van der Waals surface area (Å²) in [6, 6.07) is 0.399. The minimum absolute atomic E-state index is 0.120. The van der Waals surface area contributed by atoms with Crippen molar-refractivity contribution in [3.05, 3.63) is 36.0 Å². The maximum atomic E-state index is 12.3. The Morgan fingerprint density at radius 1 is 1.26 bits per heavy atom. The van der Waals surface area contributed by atoms with Crippen LogP contribution in [0.1, 0.15) is 39.0 Å². The number of carbonyl (C=O) groups is 1. The molecule has 4 rings (SSSR count). The Kier molecular flexibility index (Phi) is 6.56. The third kappa shape index (κ3) is 5.25. The molecule has 0 spiro atoms. The molecule has 0 unspecified atom stereocenters. The first-order chi connectivity index (χ1) is 15.0. The van der Waals surface area contributed by atoms with Gasteiger partial charge in [0.05, 0.1) is 6.54 Å². The van der Waals surface area contributed by atoms with Crippen molar-refractivity contribution in [1.29, 1.82) is 0 Å². The lowest BCUT2D eigenvalue weighted by Crippen LogP contribution is -2.40. The zero-order valence-corrected chi connectivity index (χ0v) is 18.4. The highest BCUT2D eigenvalue weighted by atomic mass is 16.2. The first-order valence-corrected chi connectivity index (χ1v) is 11.2. The molecule has 1 aromatic heterocycles. The molecule has 3 aliphatic rings. The van der Waals surface area contributed by atoms with E-state index in [2.05, 4.69) is 50.3 Å². The Morgan fingerprint density at radius 3 is 2.71 bits per heavy atom. The molecule has 1 amide bonds. The molecule has 0 radical (unpaired) electrons. The minimum Gasteiger partial charge on any atom is -0.382 e. The third-order valence-corrected chi connectivity index (χ3v) is 6.02. The number of nitrogen functional groups attached to an aromatic ring is 1. The van der Waals surface area contributed by atoms with Crippen LogP contribution in [0.5, 0.6) is 0 Å². The van der Waals surface area contributed by atoms with E-state index in [0.717, 1.165) is 38.0 Å². The highest BCUT2D eigenvalue weighted by molar-refractivity contribution is 6.03. The first kappa shape index (κ1) is 21.4. The van der Waals surface area contributed by atoms with E-state index in [1.165, 1.54) is 24.8 Å². The van der Waals surface area contributed by atoms with Crippen LogP contribution >= 0.6 is 0 Å². The zero-order valence-electron chi connectivity index (χ0n) is 18.4. The number of rotatable bonds is 8. The molecule has 31 heavy (non-hydrogen) atoms. The number of hydrogen-bond donors (Lipinski definition) is 3. The van der Waals surface area contributed by atoms with E-state index in [4.69, 9.17) is 5.73 Å². The molecule has 1 aromatic rings. The van der Waals surface area contributed by atoms with Gasteiger partial charge in [-0.05, 0) is 63.3 Å². The third-order valence-electron chi connectivity index (χ3n) is 6.02. The highest BCUT2D eigenvalue weighted by Gasteiger charge is 2.28. The smallest absolute Gasteiger partial charge is 0.244 e. The molecule has 1 saturated carbocycles. The lowest BCUT2D eigenvalue weighted by Gasteiger charge is -2.32. The molecule has 166 valence electrons. The Bertz CT molecular complexity index is 897. The number of nitrogens with zero attached hydrogens (tertiary/aromatic N) is 4. The van der Waals surface area contributed by atoms with Gasteiger partial charge in [-0.25, -0.2) is 0 Å². The molecule has 2 fully saturated rings. The van der Waals surface area contributed by atoms with Gasteiger partial charge in [0, 0.05) is 19.1 Å². The molecule has 0 bridgehead atoms. The van der Waals surface area contributed by atoms with E-state index in [1.54, 1.807) is 0 Å². The number of carbonyl (C=O) groups excluding carboxylic acids is 1. The number of anilines is 4. The Labute approximate surface area is 184 Å². The second-order valence-corrected chi connectivity index (χ2v) is 8.67.